The normalized spacial score (nSPS) is 13.9. The molecule has 0 rings (SSSR count). The SMILES string of the molecule is CCCN(C(C)=O)C(C)C(F)(F)CC. The molecule has 0 aliphatic heterocycles. The van der Waals surface area contributed by atoms with Crippen molar-refractivity contribution < 1.29 is 13.6 Å². The monoisotopic (exact) mass is 207 g/mol. The van der Waals surface area contributed by atoms with Gasteiger partial charge in [-0.3, -0.25) is 4.79 Å². The van der Waals surface area contributed by atoms with E-state index in [1.165, 1.54) is 25.7 Å². The van der Waals surface area contributed by atoms with Gasteiger partial charge in [0.1, 0.15) is 0 Å². The zero-order valence-corrected chi connectivity index (χ0v) is 9.31. The topological polar surface area (TPSA) is 20.3 Å². The van der Waals surface area contributed by atoms with E-state index < -0.39 is 12.0 Å². The number of alkyl halides is 2. The number of rotatable bonds is 5. The Bertz CT molecular complexity index is 195. The van der Waals surface area contributed by atoms with E-state index in [4.69, 9.17) is 0 Å². The fourth-order valence-corrected chi connectivity index (χ4v) is 1.39. The van der Waals surface area contributed by atoms with Gasteiger partial charge in [-0.25, -0.2) is 8.78 Å². The molecule has 0 fully saturated rings. The number of amides is 1. The van der Waals surface area contributed by atoms with Crippen LogP contribution in [0.3, 0.4) is 0 Å². The Labute approximate surface area is 84.3 Å². The highest BCUT2D eigenvalue weighted by atomic mass is 19.3. The standard InChI is InChI=1S/C10H19F2NO/c1-5-7-13(9(4)14)8(3)10(11,12)6-2/h8H,5-7H2,1-4H3. The molecule has 0 N–H and O–H groups in total. The molecule has 0 aliphatic rings. The van der Waals surface area contributed by atoms with Gasteiger partial charge >= 0.3 is 0 Å². The van der Waals surface area contributed by atoms with Gasteiger partial charge in [0.2, 0.25) is 5.91 Å². The molecule has 0 radical (unpaired) electrons. The first-order chi connectivity index (χ1) is 6.36. The minimum Gasteiger partial charge on any atom is -0.334 e. The first-order valence-corrected chi connectivity index (χ1v) is 5.01. The summed E-state index contributed by atoms with van der Waals surface area (Å²) < 4.78 is 26.6. The highest BCUT2D eigenvalue weighted by Gasteiger charge is 2.38. The van der Waals surface area contributed by atoms with Gasteiger partial charge in [0.05, 0.1) is 6.04 Å². The zero-order valence-electron chi connectivity index (χ0n) is 9.31. The first kappa shape index (κ1) is 13.3. The van der Waals surface area contributed by atoms with E-state index in [-0.39, 0.29) is 12.3 Å². The minimum absolute atomic E-state index is 0.234. The molecule has 84 valence electrons. The Morgan fingerprint density at radius 3 is 2.21 bits per heavy atom. The molecular weight excluding hydrogens is 188 g/mol. The molecule has 1 unspecified atom stereocenters. The van der Waals surface area contributed by atoms with Crippen LogP contribution in [-0.4, -0.2) is 29.3 Å². The smallest absolute Gasteiger partial charge is 0.267 e. The van der Waals surface area contributed by atoms with Crippen molar-refractivity contribution in [2.45, 2.75) is 52.5 Å². The van der Waals surface area contributed by atoms with Crippen molar-refractivity contribution in [2.75, 3.05) is 6.54 Å². The third kappa shape index (κ3) is 3.24. The predicted octanol–water partition coefficient (Wildman–Crippen LogP) is 2.68. The lowest BCUT2D eigenvalue weighted by atomic mass is 10.1. The van der Waals surface area contributed by atoms with Crippen LogP contribution in [-0.2, 0) is 4.79 Å². The summed E-state index contributed by atoms with van der Waals surface area (Å²) in [6.45, 7) is 6.43. The lowest BCUT2D eigenvalue weighted by molar-refractivity contribution is -0.142. The van der Waals surface area contributed by atoms with Gasteiger partial charge in [0.25, 0.3) is 5.92 Å². The third-order valence-electron chi connectivity index (χ3n) is 2.42. The molecule has 0 bridgehead atoms. The van der Waals surface area contributed by atoms with Crippen molar-refractivity contribution in [3.8, 4) is 0 Å². The maximum Gasteiger partial charge on any atom is 0.267 e. The van der Waals surface area contributed by atoms with Crippen LogP contribution in [0.2, 0.25) is 0 Å². The number of halogens is 2. The van der Waals surface area contributed by atoms with Crippen molar-refractivity contribution >= 4 is 5.91 Å². The maximum atomic E-state index is 13.3. The van der Waals surface area contributed by atoms with Crippen LogP contribution in [0.5, 0.6) is 0 Å². The molecule has 0 saturated carbocycles. The van der Waals surface area contributed by atoms with Crippen molar-refractivity contribution in [1.29, 1.82) is 0 Å². The summed E-state index contributed by atoms with van der Waals surface area (Å²) in [6, 6.07) is -1.01. The number of carbonyl (C=O) groups is 1. The number of hydrogen-bond donors (Lipinski definition) is 0. The lowest BCUT2D eigenvalue weighted by Crippen LogP contribution is -2.48. The van der Waals surface area contributed by atoms with E-state index in [9.17, 15) is 13.6 Å². The van der Waals surface area contributed by atoms with E-state index >= 15 is 0 Å². The fourth-order valence-electron chi connectivity index (χ4n) is 1.39. The van der Waals surface area contributed by atoms with Crippen molar-refractivity contribution in [1.82, 2.24) is 4.90 Å². The summed E-state index contributed by atoms with van der Waals surface area (Å²) in [4.78, 5) is 12.4. The second-order valence-electron chi connectivity index (χ2n) is 3.50. The average Bonchev–Trinajstić information content (AvgIpc) is 2.12. The van der Waals surface area contributed by atoms with E-state index in [0.717, 1.165) is 0 Å². The Kier molecular flexibility index (Phi) is 5.02. The van der Waals surface area contributed by atoms with Crippen molar-refractivity contribution in [3.63, 3.8) is 0 Å². The summed E-state index contributed by atoms with van der Waals surface area (Å²) in [5.41, 5.74) is 0. The quantitative estimate of drug-likeness (QED) is 0.678. The Morgan fingerprint density at radius 2 is 1.93 bits per heavy atom. The summed E-state index contributed by atoms with van der Waals surface area (Å²) in [5, 5.41) is 0. The summed E-state index contributed by atoms with van der Waals surface area (Å²) in [5.74, 6) is -3.08. The van der Waals surface area contributed by atoms with Crippen LogP contribution in [0.25, 0.3) is 0 Å². The van der Waals surface area contributed by atoms with Crippen molar-refractivity contribution in [2.24, 2.45) is 0 Å². The van der Waals surface area contributed by atoms with Gasteiger partial charge in [0, 0.05) is 19.9 Å². The zero-order chi connectivity index (χ0) is 11.4. The maximum absolute atomic E-state index is 13.3. The van der Waals surface area contributed by atoms with Crippen LogP contribution >= 0.6 is 0 Å². The molecule has 1 atom stereocenters. The minimum atomic E-state index is -2.79. The first-order valence-electron chi connectivity index (χ1n) is 5.01. The van der Waals surface area contributed by atoms with E-state index in [2.05, 4.69) is 0 Å². The molecule has 0 aliphatic carbocycles. The molecular formula is C10H19F2NO. The average molecular weight is 207 g/mol. The van der Waals surface area contributed by atoms with Gasteiger partial charge in [-0.1, -0.05) is 13.8 Å². The number of hydrogen-bond acceptors (Lipinski definition) is 1. The highest BCUT2D eigenvalue weighted by Crippen LogP contribution is 2.26. The molecule has 2 nitrogen and oxygen atoms in total. The lowest BCUT2D eigenvalue weighted by Gasteiger charge is -2.33. The molecule has 0 aromatic carbocycles. The number of carbonyl (C=O) groups excluding carboxylic acids is 1. The van der Waals surface area contributed by atoms with Gasteiger partial charge in [-0.05, 0) is 13.3 Å². The summed E-state index contributed by atoms with van der Waals surface area (Å²) >= 11 is 0. The van der Waals surface area contributed by atoms with Crippen LogP contribution in [0.1, 0.15) is 40.5 Å². The molecule has 0 heterocycles. The Morgan fingerprint density at radius 1 is 1.43 bits per heavy atom. The molecule has 0 aromatic heterocycles. The van der Waals surface area contributed by atoms with Gasteiger partial charge in [-0.15, -0.1) is 0 Å². The van der Waals surface area contributed by atoms with Crippen molar-refractivity contribution in [3.05, 3.63) is 0 Å². The van der Waals surface area contributed by atoms with Gasteiger partial charge in [0.15, 0.2) is 0 Å². The molecule has 0 spiro atoms. The predicted molar refractivity (Wildman–Crippen MR) is 52.4 cm³/mol. The Balaban J connectivity index is 4.58. The van der Waals surface area contributed by atoms with Gasteiger partial charge < -0.3 is 4.90 Å². The second kappa shape index (κ2) is 5.27. The van der Waals surface area contributed by atoms with Gasteiger partial charge in [-0.2, -0.15) is 0 Å². The summed E-state index contributed by atoms with van der Waals surface area (Å²) in [6.07, 6.45) is 0.464. The molecule has 14 heavy (non-hydrogen) atoms. The van der Waals surface area contributed by atoms with E-state index in [0.29, 0.717) is 13.0 Å². The molecule has 0 aromatic rings. The number of nitrogens with zero attached hydrogens (tertiary/aromatic N) is 1. The van der Waals surface area contributed by atoms with Crippen LogP contribution in [0.4, 0.5) is 8.78 Å². The third-order valence-corrected chi connectivity index (χ3v) is 2.42. The highest BCUT2D eigenvalue weighted by molar-refractivity contribution is 5.73. The molecule has 4 heteroatoms. The largest absolute Gasteiger partial charge is 0.334 e. The Hall–Kier alpha value is -0.670. The van der Waals surface area contributed by atoms with Crippen LogP contribution in [0.15, 0.2) is 0 Å². The van der Waals surface area contributed by atoms with E-state index in [1.807, 2.05) is 6.92 Å². The molecule has 1 amide bonds. The van der Waals surface area contributed by atoms with Crippen LogP contribution < -0.4 is 0 Å². The fraction of sp³-hybridized carbons (Fsp3) is 0.900. The summed E-state index contributed by atoms with van der Waals surface area (Å²) in [7, 11) is 0. The second-order valence-corrected chi connectivity index (χ2v) is 3.50. The van der Waals surface area contributed by atoms with E-state index in [1.54, 1.807) is 0 Å². The molecule has 0 saturated heterocycles. The van der Waals surface area contributed by atoms with Crippen LogP contribution in [0, 0.1) is 0 Å².